The first-order valence-electron chi connectivity index (χ1n) is 10.00. The van der Waals surface area contributed by atoms with Crippen molar-refractivity contribution in [1.82, 2.24) is 10.2 Å². The molecule has 2 atom stereocenters. The van der Waals surface area contributed by atoms with Gasteiger partial charge >= 0.3 is 5.91 Å². The molecule has 32 heavy (non-hydrogen) atoms. The fraction of sp³-hybridized carbons (Fsp3) is 0.217. The van der Waals surface area contributed by atoms with E-state index in [4.69, 9.17) is 16.3 Å². The van der Waals surface area contributed by atoms with Crippen LogP contribution in [0, 0.1) is 6.92 Å². The van der Waals surface area contributed by atoms with Crippen molar-refractivity contribution < 1.29 is 19.4 Å². The van der Waals surface area contributed by atoms with Crippen LogP contribution in [0.4, 0.5) is 5.13 Å². The first-order valence-corrected chi connectivity index (χ1v) is 11.2. The predicted molar refractivity (Wildman–Crippen MR) is 121 cm³/mol. The Morgan fingerprint density at radius 1 is 1.19 bits per heavy atom. The number of aryl methyl sites for hydroxylation is 1. The first kappa shape index (κ1) is 20.7. The lowest BCUT2D eigenvalue weighted by molar-refractivity contribution is -0.132. The monoisotopic (exact) mass is 467 g/mol. The summed E-state index contributed by atoms with van der Waals surface area (Å²) >= 11 is 7.25. The summed E-state index contributed by atoms with van der Waals surface area (Å²) in [6, 6.07) is 11.2. The summed E-state index contributed by atoms with van der Waals surface area (Å²) in [6.07, 6.45) is 0.748. The molecule has 7 nitrogen and oxygen atoms in total. The van der Waals surface area contributed by atoms with Crippen LogP contribution in [0.2, 0.25) is 5.02 Å². The number of anilines is 1. The molecule has 3 aromatic rings. The quantitative estimate of drug-likeness (QED) is 0.347. The maximum absolute atomic E-state index is 13.1. The van der Waals surface area contributed by atoms with Crippen LogP contribution in [0.15, 0.2) is 48.0 Å². The van der Waals surface area contributed by atoms with E-state index in [9.17, 15) is 14.7 Å². The largest absolute Gasteiger partial charge is 0.507 e. The number of aliphatic hydroxyl groups is 1. The second kappa shape index (κ2) is 7.72. The molecule has 0 aliphatic carbocycles. The van der Waals surface area contributed by atoms with Crippen molar-refractivity contribution in [2.24, 2.45) is 0 Å². The third-order valence-corrected chi connectivity index (χ3v) is 6.61. The molecule has 1 saturated heterocycles. The number of amides is 1. The fourth-order valence-corrected chi connectivity index (χ4v) is 4.94. The molecule has 1 amide bonds. The number of hydrogen-bond donors (Lipinski definition) is 1. The van der Waals surface area contributed by atoms with Gasteiger partial charge in [0.25, 0.3) is 5.78 Å². The zero-order valence-corrected chi connectivity index (χ0v) is 18.8. The number of carbonyl (C=O) groups excluding carboxylic acids is 2. The predicted octanol–water partition coefficient (Wildman–Crippen LogP) is 4.45. The van der Waals surface area contributed by atoms with Gasteiger partial charge in [0.05, 0.1) is 11.6 Å². The Labute approximate surface area is 192 Å². The van der Waals surface area contributed by atoms with Crippen LogP contribution in [0.1, 0.15) is 34.7 Å². The average molecular weight is 468 g/mol. The third-order valence-electron chi connectivity index (χ3n) is 5.52. The molecule has 0 saturated carbocycles. The number of ether oxygens (including phenoxy) is 1. The van der Waals surface area contributed by atoms with Gasteiger partial charge in [0.1, 0.15) is 22.6 Å². The van der Waals surface area contributed by atoms with Gasteiger partial charge in [0.15, 0.2) is 0 Å². The van der Waals surface area contributed by atoms with E-state index < -0.39 is 17.7 Å². The van der Waals surface area contributed by atoms with Gasteiger partial charge < -0.3 is 9.84 Å². The van der Waals surface area contributed by atoms with Crippen LogP contribution in [-0.2, 0) is 16.0 Å². The molecule has 162 valence electrons. The minimum Gasteiger partial charge on any atom is -0.507 e. The number of fused-ring (bicyclic) bond motifs is 1. The summed E-state index contributed by atoms with van der Waals surface area (Å²) in [5, 5.41) is 20.8. The average Bonchev–Trinajstić information content (AvgIpc) is 3.43. The standard InChI is InChI=1S/C23H18ClN3O4S/c1-11-9-15-10-14(5-8-17(15)31-11)20(28)18-19(13-3-6-16(24)7-4-13)27(22(30)21(18)29)23-26-25-12(2)32-23/h3-8,10-11,19,28H,9H2,1-2H3/b20-18+/t11-,19-/m0/s1. The number of aromatic nitrogens is 2. The Balaban J connectivity index is 1.68. The first-order chi connectivity index (χ1) is 15.3. The van der Waals surface area contributed by atoms with E-state index in [0.717, 1.165) is 11.3 Å². The lowest BCUT2D eigenvalue weighted by Crippen LogP contribution is -2.29. The van der Waals surface area contributed by atoms with Crippen molar-refractivity contribution in [2.45, 2.75) is 32.4 Å². The molecule has 0 bridgehead atoms. The highest BCUT2D eigenvalue weighted by molar-refractivity contribution is 7.15. The molecular formula is C23H18ClN3O4S. The third kappa shape index (κ3) is 3.36. The Morgan fingerprint density at radius 3 is 2.62 bits per heavy atom. The molecule has 0 radical (unpaired) electrons. The van der Waals surface area contributed by atoms with Crippen molar-refractivity contribution in [2.75, 3.05) is 4.90 Å². The smallest absolute Gasteiger partial charge is 0.301 e. The zero-order valence-electron chi connectivity index (χ0n) is 17.2. The van der Waals surface area contributed by atoms with Crippen molar-refractivity contribution in [3.8, 4) is 5.75 Å². The molecule has 1 fully saturated rings. The molecule has 1 aromatic heterocycles. The lowest BCUT2D eigenvalue weighted by atomic mass is 9.94. The Kier molecular flexibility index (Phi) is 4.98. The number of rotatable bonds is 3. The minimum absolute atomic E-state index is 0.00270. The lowest BCUT2D eigenvalue weighted by Gasteiger charge is -2.22. The number of nitrogens with zero attached hydrogens (tertiary/aromatic N) is 3. The summed E-state index contributed by atoms with van der Waals surface area (Å²) in [6.45, 7) is 3.73. The number of halogens is 1. The molecule has 2 aliphatic rings. The molecule has 1 N–H and O–H groups in total. The van der Waals surface area contributed by atoms with E-state index in [1.807, 2.05) is 6.92 Å². The van der Waals surface area contributed by atoms with Gasteiger partial charge in [0, 0.05) is 17.0 Å². The van der Waals surface area contributed by atoms with Crippen molar-refractivity contribution in [1.29, 1.82) is 0 Å². The minimum atomic E-state index is -0.858. The summed E-state index contributed by atoms with van der Waals surface area (Å²) in [5.41, 5.74) is 2.02. The van der Waals surface area contributed by atoms with Crippen LogP contribution in [0.3, 0.4) is 0 Å². The Hall–Kier alpha value is -3.23. The van der Waals surface area contributed by atoms with Gasteiger partial charge in [0.2, 0.25) is 5.13 Å². The SMILES string of the molecule is Cc1nnc(N2C(=O)C(=O)/C(=C(/O)c3ccc4c(c3)C[C@H](C)O4)[C@@H]2c2ccc(Cl)cc2)s1. The summed E-state index contributed by atoms with van der Waals surface area (Å²) in [4.78, 5) is 27.5. The molecule has 9 heteroatoms. The topological polar surface area (TPSA) is 92.6 Å². The summed E-state index contributed by atoms with van der Waals surface area (Å²) < 4.78 is 5.73. The van der Waals surface area contributed by atoms with Gasteiger partial charge in [-0.05, 0) is 55.3 Å². The van der Waals surface area contributed by atoms with Gasteiger partial charge in [-0.2, -0.15) is 0 Å². The number of Topliss-reactive ketones (excluding diaryl/α,β-unsaturated/α-hetero) is 1. The Morgan fingerprint density at radius 2 is 1.94 bits per heavy atom. The zero-order chi connectivity index (χ0) is 22.6. The van der Waals surface area contributed by atoms with Crippen LogP contribution in [-0.4, -0.2) is 33.1 Å². The van der Waals surface area contributed by atoms with E-state index in [2.05, 4.69) is 10.2 Å². The van der Waals surface area contributed by atoms with Gasteiger partial charge in [-0.1, -0.05) is 35.1 Å². The van der Waals surface area contributed by atoms with E-state index in [1.165, 1.54) is 16.2 Å². The number of aliphatic hydroxyl groups excluding tert-OH is 1. The molecule has 2 aliphatic heterocycles. The van der Waals surface area contributed by atoms with Gasteiger partial charge in [-0.25, -0.2) is 0 Å². The second-order valence-electron chi connectivity index (χ2n) is 7.78. The van der Waals surface area contributed by atoms with Crippen LogP contribution in [0.5, 0.6) is 5.75 Å². The number of ketones is 1. The number of hydrogen-bond acceptors (Lipinski definition) is 7. The molecule has 0 spiro atoms. The van der Waals surface area contributed by atoms with Crippen molar-refractivity contribution >= 4 is 45.5 Å². The van der Waals surface area contributed by atoms with E-state index in [0.29, 0.717) is 32.7 Å². The molecule has 5 rings (SSSR count). The maximum Gasteiger partial charge on any atom is 0.301 e. The maximum atomic E-state index is 13.1. The second-order valence-corrected chi connectivity index (χ2v) is 9.38. The van der Waals surface area contributed by atoms with Crippen LogP contribution < -0.4 is 9.64 Å². The summed E-state index contributed by atoms with van der Waals surface area (Å²) in [5.74, 6) is -1.02. The fourth-order valence-electron chi connectivity index (χ4n) is 4.10. The Bertz CT molecular complexity index is 1280. The van der Waals surface area contributed by atoms with Crippen LogP contribution in [0.25, 0.3) is 5.76 Å². The molecule has 2 aromatic carbocycles. The van der Waals surface area contributed by atoms with Crippen molar-refractivity contribution in [3.05, 3.63) is 74.8 Å². The molecule has 0 unspecified atom stereocenters. The van der Waals surface area contributed by atoms with E-state index >= 15 is 0 Å². The normalized spacial score (nSPS) is 21.7. The highest BCUT2D eigenvalue weighted by atomic mass is 35.5. The van der Waals surface area contributed by atoms with E-state index in [-0.39, 0.29) is 17.4 Å². The number of benzene rings is 2. The van der Waals surface area contributed by atoms with Gasteiger partial charge in [-0.3, -0.25) is 14.5 Å². The van der Waals surface area contributed by atoms with Gasteiger partial charge in [-0.15, -0.1) is 10.2 Å². The van der Waals surface area contributed by atoms with Crippen molar-refractivity contribution in [3.63, 3.8) is 0 Å². The van der Waals surface area contributed by atoms with Crippen LogP contribution >= 0.6 is 22.9 Å². The highest BCUT2D eigenvalue weighted by Crippen LogP contribution is 2.43. The number of carbonyl (C=O) groups is 2. The molecular weight excluding hydrogens is 450 g/mol. The van der Waals surface area contributed by atoms with E-state index in [1.54, 1.807) is 49.4 Å². The highest BCUT2D eigenvalue weighted by Gasteiger charge is 2.48. The molecule has 3 heterocycles. The summed E-state index contributed by atoms with van der Waals surface area (Å²) in [7, 11) is 0.